The molecular formula is C17H25NO3. The molecule has 2 saturated heterocycles. The molecule has 2 aliphatic heterocycles. The number of rotatable bonds is 0. The molecule has 0 unspecified atom stereocenters. The zero-order valence-electron chi connectivity index (χ0n) is 13.2. The van der Waals surface area contributed by atoms with Crippen LogP contribution in [0, 0.1) is 11.8 Å². The van der Waals surface area contributed by atoms with Crippen molar-refractivity contribution in [2.45, 2.75) is 70.6 Å². The maximum Gasteiger partial charge on any atom is 0.410 e. The summed E-state index contributed by atoms with van der Waals surface area (Å²) in [6.45, 7) is 5.67. The van der Waals surface area contributed by atoms with E-state index < -0.39 is 5.60 Å². The van der Waals surface area contributed by atoms with Crippen LogP contribution in [0.3, 0.4) is 0 Å². The molecule has 0 aromatic rings. The minimum atomic E-state index is -0.487. The van der Waals surface area contributed by atoms with Gasteiger partial charge in [0.25, 0.3) is 0 Å². The van der Waals surface area contributed by atoms with Crippen LogP contribution in [-0.2, 0) is 9.53 Å². The number of carbonyl (C=O) groups excluding carboxylic acids is 2. The van der Waals surface area contributed by atoms with Crippen molar-refractivity contribution in [3.8, 4) is 0 Å². The lowest BCUT2D eigenvalue weighted by atomic mass is 9.74. The third-order valence-corrected chi connectivity index (χ3v) is 4.99. The van der Waals surface area contributed by atoms with Crippen LogP contribution < -0.4 is 0 Å². The van der Waals surface area contributed by atoms with Gasteiger partial charge in [-0.05, 0) is 64.9 Å². The Kier molecular flexibility index (Phi) is 3.58. The fourth-order valence-corrected chi connectivity index (χ4v) is 4.20. The molecule has 0 aromatic carbocycles. The molecule has 4 atom stereocenters. The lowest BCUT2D eigenvalue weighted by molar-refractivity contribution is -0.122. The molecule has 0 aromatic heterocycles. The van der Waals surface area contributed by atoms with Gasteiger partial charge in [0, 0.05) is 18.0 Å². The highest BCUT2D eigenvalue weighted by molar-refractivity contribution is 5.93. The van der Waals surface area contributed by atoms with Crippen LogP contribution in [-0.4, -0.2) is 34.5 Å². The van der Waals surface area contributed by atoms with Gasteiger partial charge in [-0.1, -0.05) is 6.08 Å². The maximum absolute atomic E-state index is 12.6. The van der Waals surface area contributed by atoms with Gasteiger partial charge in [0.05, 0.1) is 0 Å². The zero-order valence-corrected chi connectivity index (χ0v) is 13.2. The first-order valence-electron chi connectivity index (χ1n) is 8.08. The molecule has 2 bridgehead atoms. The Bertz CT molecular complexity index is 477. The number of nitrogens with zero attached hydrogens (tertiary/aromatic N) is 1. The van der Waals surface area contributed by atoms with Crippen molar-refractivity contribution in [2.24, 2.45) is 11.8 Å². The summed E-state index contributed by atoms with van der Waals surface area (Å²) in [4.78, 5) is 26.8. The van der Waals surface area contributed by atoms with Crippen molar-refractivity contribution in [1.29, 1.82) is 0 Å². The van der Waals surface area contributed by atoms with Crippen LogP contribution in [0.2, 0.25) is 0 Å². The topological polar surface area (TPSA) is 46.6 Å². The Morgan fingerprint density at radius 2 is 1.95 bits per heavy atom. The summed E-state index contributed by atoms with van der Waals surface area (Å²) < 4.78 is 5.59. The maximum atomic E-state index is 12.6. The van der Waals surface area contributed by atoms with Crippen molar-refractivity contribution < 1.29 is 14.3 Å². The van der Waals surface area contributed by atoms with E-state index in [4.69, 9.17) is 4.74 Å². The van der Waals surface area contributed by atoms with Gasteiger partial charge in [0.1, 0.15) is 5.60 Å². The van der Waals surface area contributed by atoms with E-state index in [0.717, 1.165) is 32.1 Å². The van der Waals surface area contributed by atoms with E-state index in [-0.39, 0.29) is 29.9 Å². The SMILES string of the molecule is CC(C)(C)OC(=O)N1[C@@H]2CC[C@H]3CC=CC(=O)[C@@H]3[C@H]1CC2. The minimum absolute atomic E-state index is 0.0185. The van der Waals surface area contributed by atoms with E-state index in [0.29, 0.717) is 5.92 Å². The Morgan fingerprint density at radius 3 is 2.67 bits per heavy atom. The largest absolute Gasteiger partial charge is 0.444 e. The highest BCUT2D eigenvalue weighted by Crippen LogP contribution is 2.44. The standard InChI is InChI=1S/C17H25NO3/c1-17(2,3)21-16(20)18-12-8-7-11-5-4-6-14(19)15(11)13(18)10-9-12/h4,6,11-13,15H,5,7-10H2,1-3H3/t11-,12-,13-,15+/m1/s1. The summed E-state index contributed by atoms with van der Waals surface area (Å²) in [6.07, 6.45) is 8.43. The van der Waals surface area contributed by atoms with Crippen molar-refractivity contribution >= 4 is 11.9 Å². The van der Waals surface area contributed by atoms with Crippen LogP contribution in [0.25, 0.3) is 0 Å². The molecule has 4 nitrogen and oxygen atoms in total. The predicted octanol–water partition coefficient (Wildman–Crippen LogP) is 3.31. The molecule has 0 N–H and O–H groups in total. The number of hydrogen-bond donors (Lipinski definition) is 0. The molecule has 1 aliphatic carbocycles. The second-order valence-corrected chi connectivity index (χ2v) is 7.59. The molecule has 2 heterocycles. The normalized spacial score (nSPS) is 35.4. The minimum Gasteiger partial charge on any atom is -0.444 e. The van der Waals surface area contributed by atoms with Gasteiger partial charge in [-0.2, -0.15) is 0 Å². The van der Waals surface area contributed by atoms with Crippen LogP contribution in [0.4, 0.5) is 4.79 Å². The summed E-state index contributed by atoms with van der Waals surface area (Å²) in [5.41, 5.74) is -0.487. The monoisotopic (exact) mass is 291 g/mol. The number of carbonyl (C=O) groups is 2. The Hall–Kier alpha value is -1.32. The van der Waals surface area contributed by atoms with Crippen molar-refractivity contribution in [1.82, 2.24) is 4.90 Å². The molecule has 2 fully saturated rings. The molecule has 0 saturated carbocycles. The smallest absolute Gasteiger partial charge is 0.410 e. The molecule has 3 rings (SSSR count). The van der Waals surface area contributed by atoms with Crippen molar-refractivity contribution in [3.63, 3.8) is 0 Å². The average molecular weight is 291 g/mol. The number of hydrogen-bond acceptors (Lipinski definition) is 3. The molecule has 0 radical (unpaired) electrons. The lowest BCUT2D eigenvalue weighted by Gasteiger charge is -2.35. The highest BCUT2D eigenvalue weighted by Gasteiger charge is 2.49. The van der Waals surface area contributed by atoms with E-state index in [1.54, 1.807) is 6.08 Å². The first-order valence-corrected chi connectivity index (χ1v) is 8.08. The average Bonchev–Trinajstić information content (AvgIpc) is 2.68. The Labute approximate surface area is 126 Å². The van der Waals surface area contributed by atoms with E-state index >= 15 is 0 Å². The van der Waals surface area contributed by atoms with E-state index in [9.17, 15) is 9.59 Å². The molecule has 21 heavy (non-hydrogen) atoms. The van der Waals surface area contributed by atoms with Gasteiger partial charge in [0.15, 0.2) is 5.78 Å². The van der Waals surface area contributed by atoms with Crippen LogP contribution in [0.15, 0.2) is 12.2 Å². The molecule has 0 spiro atoms. The first-order chi connectivity index (χ1) is 9.87. The second-order valence-electron chi connectivity index (χ2n) is 7.59. The molecule has 4 heteroatoms. The molecular weight excluding hydrogens is 266 g/mol. The summed E-state index contributed by atoms with van der Waals surface area (Å²) >= 11 is 0. The Balaban J connectivity index is 1.86. The zero-order chi connectivity index (χ0) is 15.2. The van der Waals surface area contributed by atoms with Crippen LogP contribution in [0.5, 0.6) is 0 Å². The van der Waals surface area contributed by atoms with Gasteiger partial charge >= 0.3 is 6.09 Å². The Morgan fingerprint density at radius 1 is 1.24 bits per heavy atom. The number of amides is 1. The van der Waals surface area contributed by atoms with Crippen LogP contribution in [0.1, 0.15) is 52.9 Å². The lowest BCUT2D eigenvalue weighted by Crippen LogP contribution is -2.48. The molecule has 1 amide bonds. The number of allylic oxidation sites excluding steroid dienone is 2. The fourth-order valence-electron chi connectivity index (χ4n) is 4.20. The van der Waals surface area contributed by atoms with Crippen LogP contribution >= 0.6 is 0 Å². The summed E-state index contributed by atoms with van der Waals surface area (Å²) in [5, 5.41) is 0. The van der Waals surface area contributed by atoms with E-state index in [1.807, 2.05) is 31.7 Å². The summed E-state index contributed by atoms with van der Waals surface area (Å²) in [5.74, 6) is 0.588. The van der Waals surface area contributed by atoms with Gasteiger partial charge < -0.3 is 9.64 Å². The second kappa shape index (κ2) is 5.15. The van der Waals surface area contributed by atoms with Crippen molar-refractivity contribution in [3.05, 3.63) is 12.2 Å². The number of fused-ring (bicyclic) bond motifs is 4. The summed E-state index contributed by atoms with van der Waals surface area (Å²) in [7, 11) is 0. The number of ether oxygens (including phenoxy) is 1. The molecule has 3 aliphatic rings. The van der Waals surface area contributed by atoms with Crippen molar-refractivity contribution in [2.75, 3.05) is 0 Å². The van der Waals surface area contributed by atoms with Gasteiger partial charge in [-0.3, -0.25) is 4.79 Å². The highest BCUT2D eigenvalue weighted by atomic mass is 16.6. The number of ketones is 1. The fraction of sp³-hybridized carbons (Fsp3) is 0.765. The van der Waals surface area contributed by atoms with E-state index in [1.165, 1.54) is 0 Å². The van der Waals surface area contributed by atoms with Gasteiger partial charge in [0.2, 0.25) is 0 Å². The van der Waals surface area contributed by atoms with Gasteiger partial charge in [-0.15, -0.1) is 0 Å². The summed E-state index contributed by atoms with van der Waals surface area (Å²) in [6, 6.07) is 0.290. The first kappa shape index (κ1) is 14.6. The molecule has 116 valence electrons. The van der Waals surface area contributed by atoms with E-state index in [2.05, 4.69) is 0 Å². The predicted molar refractivity (Wildman–Crippen MR) is 79.9 cm³/mol. The third kappa shape index (κ3) is 2.72. The third-order valence-electron chi connectivity index (χ3n) is 4.99. The quantitative estimate of drug-likeness (QED) is 0.688. The van der Waals surface area contributed by atoms with Gasteiger partial charge in [-0.25, -0.2) is 4.79 Å².